The molecule has 182 valence electrons. The molecule has 3 heterocycles. The average molecular weight is 484 g/mol. The summed E-state index contributed by atoms with van der Waals surface area (Å²) in [5.41, 5.74) is 6.52. The fourth-order valence-corrected chi connectivity index (χ4v) is 4.44. The molecule has 2 aromatic carbocycles. The SMILES string of the molecule is COc1ccc(-n2nc(C(F)(F)F)c3c2C(=O)N(c2ccc(N4CCCN=C4N)cc2)CC3)cc1. The Balaban J connectivity index is 1.51. The number of nitrogens with zero attached hydrogens (tertiary/aromatic N) is 5. The van der Waals surface area contributed by atoms with Crippen molar-refractivity contribution < 1.29 is 22.7 Å². The van der Waals surface area contributed by atoms with Crippen LogP contribution in [0, 0.1) is 0 Å². The maximum atomic E-state index is 13.8. The number of anilines is 2. The van der Waals surface area contributed by atoms with Crippen LogP contribution in [0.5, 0.6) is 5.75 Å². The summed E-state index contributed by atoms with van der Waals surface area (Å²) < 4.78 is 47.5. The number of rotatable bonds is 4. The van der Waals surface area contributed by atoms with Crippen molar-refractivity contribution in [1.29, 1.82) is 0 Å². The third-order valence-electron chi connectivity index (χ3n) is 6.17. The molecule has 0 unspecified atom stereocenters. The smallest absolute Gasteiger partial charge is 0.435 e. The van der Waals surface area contributed by atoms with Crippen molar-refractivity contribution in [3.8, 4) is 11.4 Å². The number of halogens is 3. The van der Waals surface area contributed by atoms with Crippen LogP contribution in [-0.4, -0.2) is 48.4 Å². The van der Waals surface area contributed by atoms with Crippen LogP contribution in [0.15, 0.2) is 53.5 Å². The Morgan fingerprint density at radius 2 is 1.57 bits per heavy atom. The van der Waals surface area contributed by atoms with Crippen molar-refractivity contribution in [3.63, 3.8) is 0 Å². The maximum absolute atomic E-state index is 13.8. The average Bonchev–Trinajstić information content (AvgIpc) is 3.26. The number of benzene rings is 2. The number of aromatic nitrogens is 2. The van der Waals surface area contributed by atoms with Gasteiger partial charge in [-0.2, -0.15) is 18.3 Å². The summed E-state index contributed by atoms with van der Waals surface area (Å²) in [5.74, 6) is 0.431. The minimum Gasteiger partial charge on any atom is -0.497 e. The number of ether oxygens (including phenoxy) is 1. The van der Waals surface area contributed by atoms with Gasteiger partial charge in [0.1, 0.15) is 11.4 Å². The van der Waals surface area contributed by atoms with Gasteiger partial charge in [-0.3, -0.25) is 9.79 Å². The van der Waals surface area contributed by atoms with Gasteiger partial charge in [0.25, 0.3) is 5.91 Å². The van der Waals surface area contributed by atoms with Crippen LogP contribution in [0.4, 0.5) is 24.5 Å². The van der Waals surface area contributed by atoms with E-state index < -0.39 is 17.8 Å². The molecular formula is C24H23F3N6O2. The van der Waals surface area contributed by atoms with Crippen molar-refractivity contribution in [2.45, 2.75) is 19.0 Å². The summed E-state index contributed by atoms with van der Waals surface area (Å²) in [6.07, 6.45) is -3.77. The normalized spacial score (nSPS) is 16.2. The molecule has 0 spiro atoms. The van der Waals surface area contributed by atoms with Gasteiger partial charge in [0.15, 0.2) is 11.7 Å². The number of carbonyl (C=O) groups excluding carboxylic acids is 1. The molecule has 2 N–H and O–H groups in total. The van der Waals surface area contributed by atoms with E-state index in [4.69, 9.17) is 10.5 Å². The van der Waals surface area contributed by atoms with Gasteiger partial charge in [-0.05, 0) is 61.4 Å². The third kappa shape index (κ3) is 4.07. The van der Waals surface area contributed by atoms with Crippen molar-refractivity contribution in [3.05, 3.63) is 65.5 Å². The van der Waals surface area contributed by atoms with E-state index >= 15 is 0 Å². The van der Waals surface area contributed by atoms with Gasteiger partial charge in [0.05, 0.1) is 12.8 Å². The third-order valence-corrected chi connectivity index (χ3v) is 6.17. The second-order valence-corrected chi connectivity index (χ2v) is 8.25. The lowest BCUT2D eigenvalue weighted by atomic mass is 10.0. The van der Waals surface area contributed by atoms with Gasteiger partial charge in [-0.15, -0.1) is 0 Å². The highest BCUT2D eigenvalue weighted by Crippen LogP contribution is 2.37. The van der Waals surface area contributed by atoms with Crippen LogP contribution in [0.2, 0.25) is 0 Å². The van der Waals surface area contributed by atoms with E-state index in [0.29, 0.717) is 29.6 Å². The van der Waals surface area contributed by atoms with Gasteiger partial charge < -0.3 is 20.3 Å². The molecule has 0 saturated heterocycles. The number of hydrogen-bond acceptors (Lipinski definition) is 6. The zero-order chi connectivity index (χ0) is 24.7. The number of amides is 1. The summed E-state index contributed by atoms with van der Waals surface area (Å²) >= 11 is 0. The molecule has 35 heavy (non-hydrogen) atoms. The van der Waals surface area contributed by atoms with Gasteiger partial charge in [-0.1, -0.05) is 0 Å². The number of fused-ring (bicyclic) bond motifs is 1. The first kappa shape index (κ1) is 22.8. The summed E-state index contributed by atoms with van der Waals surface area (Å²) in [4.78, 5) is 21.2. The summed E-state index contributed by atoms with van der Waals surface area (Å²) in [5, 5.41) is 3.82. The highest BCUT2D eigenvalue weighted by Gasteiger charge is 2.43. The summed E-state index contributed by atoms with van der Waals surface area (Å²) in [6.45, 7) is 1.53. The molecule has 1 amide bonds. The van der Waals surface area contributed by atoms with Gasteiger partial charge in [0, 0.05) is 36.6 Å². The number of hydrogen-bond donors (Lipinski definition) is 1. The van der Waals surface area contributed by atoms with E-state index in [1.165, 1.54) is 12.0 Å². The van der Waals surface area contributed by atoms with E-state index in [-0.39, 0.29) is 24.2 Å². The van der Waals surface area contributed by atoms with E-state index in [9.17, 15) is 18.0 Å². The predicted octanol–water partition coefficient (Wildman–Crippen LogP) is 3.63. The largest absolute Gasteiger partial charge is 0.497 e. The minimum atomic E-state index is -4.68. The number of methoxy groups -OCH3 is 1. The molecule has 0 radical (unpaired) electrons. The Hall–Kier alpha value is -4.02. The van der Waals surface area contributed by atoms with Crippen LogP contribution in [-0.2, 0) is 12.6 Å². The first-order chi connectivity index (χ1) is 16.8. The molecule has 0 aliphatic carbocycles. The second-order valence-electron chi connectivity index (χ2n) is 8.25. The molecular weight excluding hydrogens is 461 g/mol. The lowest BCUT2D eigenvalue weighted by molar-refractivity contribution is -0.141. The Morgan fingerprint density at radius 3 is 2.17 bits per heavy atom. The number of aliphatic imine (C=N–C) groups is 1. The summed E-state index contributed by atoms with van der Waals surface area (Å²) in [7, 11) is 1.49. The van der Waals surface area contributed by atoms with E-state index in [2.05, 4.69) is 10.1 Å². The molecule has 0 fully saturated rings. The van der Waals surface area contributed by atoms with Crippen molar-refractivity contribution in [1.82, 2.24) is 9.78 Å². The topological polar surface area (TPSA) is 89.0 Å². The van der Waals surface area contributed by atoms with Gasteiger partial charge in [-0.25, -0.2) is 4.68 Å². The zero-order valence-corrected chi connectivity index (χ0v) is 18.9. The fourth-order valence-electron chi connectivity index (χ4n) is 4.44. The number of alkyl halides is 3. The Labute approximate surface area is 199 Å². The fraction of sp³-hybridized carbons (Fsp3) is 0.292. The number of nitrogens with two attached hydrogens (primary N) is 1. The highest BCUT2D eigenvalue weighted by atomic mass is 19.4. The second kappa shape index (κ2) is 8.64. The Kier molecular flexibility index (Phi) is 5.62. The maximum Gasteiger partial charge on any atom is 0.435 e. The van der Waals surface area contributed by atoms with Crippen molar-refractivity contribution in [2.75, 3.05) is 36.5 Å². The monoisotopic (exact) mass is 484 g/mol. The standard InChI is InChI=1S/C24H23F3N6O2/c1-35-18-9-7-17(8-10-18)33-20-19(21(30-33)24(25,26)27)11-14-31(22(20)34)15-3-5-16(6-4-15)32-13-2-12-29-23(32)28/h3-10H,2,11-14H2,1H3,(H2,28,29). The van der Waals surface area contributed by atoms with Gasteiger partial charge >= 0.3 is 6.18 Å². The molecule has 2 aliphatic heterocycles. The lowest BCUT2D eigenvalue weighted by Crippen LogP contribution is -2.41. The van der Waals surface area contributed by atoms with E-state index in [0.717, 1.165) is 23.3 Å². The number of carbonyl (C=O) groups is 1. The van der Waals surface area contributed by atoms with Gasteiger partial charge in [0.2, 0.25) is 0 Å². The molecule has 2 aliphatic rings. The predicted molar refractivity (Wildman–Crippen MR) is 125 cm³/mol. The minimum absolute atomic E-state index is 0.0273. The van der Waals surface area contributed by atoms with E-state index in [1.54, 1.807) is 36.4 Å². The van der Waals surface area contributed by atoms with Crippen LogP contribution >= 0.6 is 0 Å². The molecule has 3 aromatic rings. The molecule has 1 aromatic heterocycles. The van der Waals surface area contributed by atoms with Crippen molar-refractivity contribution >= 4 is 23.2 Å². The highest BCUT2D eigenvalue weighted by molar-refractivity contribution is 6.08. The van der Waals surface area contributed by atoms with E-state index in [1.807, 2.05) is 17.0 Å². The van der Waals surface area contributed by atoms with Crippen molar-refractivity contribution in [2.24, 2.45) is 10.7 Å². The molecule has 5 rings (SSSR count). The quantitative estimate of drug-likeness (QED) is 0.611. The summed E-state index contributed by atoms with van der Waals surface area (Å²) in [6, 6.07) is 13.5. The van der Waals surface area contributed by atoms with Crippen LogP contribution in [0.25, 0.3) is 5.69 Å². The molecule has 8 nitrogen and oxygen atoms in total. The lowest BCUT2D eigenvalue weighted by Gasteiger charge is -2.30. The molecule has 0 bridgehead atoms. The Morgan fingerprint density at radius 1 is 0.943 bits per heavy atom. The Bertz CT molecular complexity index is 1280. The molecule has 11 heteroatoms. The zero-order valence-electron chi connectivity index (χ0n) is 18.9. The first-order valence-corrected chi connectivity index (χ1v) is 11.1. The van der Waals surface area contributed by atoms with Crippen LogP contribution in [0.3, 0.4) is 0 Å². The first-order valence-electron chi connectivity index (χ1n) is 11.1. The van der Waals surface area contributed by atoms with Crippen LogP contribution in [0.1, 0.15) is 28.2 Å². The molecule has 0 atom stereocenters. The molecule has 0 saturated carbocycles. The number of guanidine groups is 1. The van der Waals surface area contributed by atoms with Crippen LogP contribution < -0.4 is 20.3 Å².